The minimum Gasteiger partial charge on any atom is -0.461 e. The van der Waals surface area contributed by atoms with Crippen molar-refractivity contribution in [1.29, 1.82) is 0 Å². The van der Waals surface area contributed by atoms with Gasteiger partial charge in [-0.05, 0) is 108 Å². The molecule has 1 saturated heterocycles. The number of esters is 1. The average Bonchev–Trinajstić information content (AvgIpc) is 3.61. The summed E-state index contributed by atoms with van der Waals surface area (Å²) in [6.45, 7) is 13.7. The number of carbonyl (C=O) groups is 3. The molecule has 314 valence electrons. The van der Waals surface area contributed by atoms with Crippen molar-refractivity contribution in [3.8, 4) is 0 Å². The highest BCUT2D eigenvalue weighted by atomic mass is 16.5. The van der Waals surface area contributed by atoms with Gasteiger partial charge in [0.15, 0.2) is 0 Å². The summed E-state index contributed by atoms with van der Waals surface area (Å²) in [5.74, 6) is 0.629. The van der Waals surface area contributed by atoms with E-state index in [1.807, 2.05) is 25.7 Å². The first-order valence-corrected chi connectivity index (χ1v) is 22.5. The number of likely N-dealkylation sites (tertiary alicyclic amines) is 1. The quantitative estimate of drug-likeness (QED) is 0.0459. The molecule has 1 aliphatic heterocycles. The Labute approximate surface area is 335 Å². The van der Waals surface area contributed by atoms with Crippen molar-refractivity contribution in [2.75, 3.05) is 13.1 Å². The van der Waals surface area contributed by atoms with E-state index in [1.165, 1.54) is 69.8 Å². The van der Waals surface area contributed by atoms with Crippen LogP contribution in [0.5, 0.6) is 0 Å². The van der Waals surface area contributed by atoms with Crippen molar-refractivity contribution in [2.45, 2.75) is 201 Å². The highest BCUT2D eigenvalue weighted by Gasteiger charge is 2.43. The summed E-state index contributed by atoms with van der Waals surface area (Å²) in [7, 11) is 0. The second-order valence-electron chi connectivity index (χ2n) is 18.0. The zero-order valence-electron chi connectivity index (χ0n) is 35.7. The van der Waals surface area contributed by atoms with E-state index in [2.05, 4.69) is 56.5 Å². The number of amides is 2. The Kier molecular flexibility index (Phi) is 21.4. The summed E-state index contributed by atoms with van der Waals surface area (Å²) >= 11 is 0. The van der Waals surface area contributed by atoms with Gasteiger partial charge in [-0.25, -0.2) is 0 Å². The van der Waals surface area contributed by atoms with Gasteiger partial charge < -0.3 is 25.2 Å². The van der Waals surface area contributed by atoms with Crippen LogP contribution >= 0.6 is 0 Å². The molecular formula is C47H80N2O6. The highest BCUT2D eigenvalue weighted by molar-refractivity contribution is 5.78. The minimum atomic E-state index is -0.949. The van der Waals surface area contributed by atoms with Gasteiger partial charge >= 0.3 is 5.97 Å². The predicted octanol–water partition coefficient (Wildman–Crippen LogP) is 9.78. The average molecular weight is 769 g/mol. The van der Waals surface area contributed by atoms with Crippen molar-refractivity contribution in [1.82, 2.24) is 10.2 Å². The van der Waals surface area contributed by atoms with Crippen LogP contribution in [0.15, 0.2) is 36.0 Å². The molecule has 8 atom stereocenters. The summed E-state index contributed by atoms with van der Waals surface area (Å²) in [5, 5.41) is 24.7. The van der Waals surface area contributed by atoms with Gasteiger partial charge in [0.25, 0.3) is 0 Å². The molecule has 0 saturated carbocycles. The summed E-state index contributed by atoms with van der Waals surface area (Å²) in [4.78, 5) is 40.6. The van der Waals surface area contributed by atoms with Crippen LogP contribution < -0.4 is 5.32 Å². The Bertz CT molecular complexity index is 1240. The zero-order chi connectivity index (χ0) is 40.2. The number of nitrogens with zero attached hydrogens (tertiary/aromatic N) is 1. The number of ether oxygens (including phenoxy) is 1. The van der Waals surface area contributed by atoms with Crippen LogP contribution in [0.4, 0.5) is 0 Å². The first-order valence-electron chi connectivity index (χ1n) is 22.5. The van der Waals surface area contributed by atoms with E-state index in [0.717, 1.165) is 38.5 Å². The number of hydrogen-bond donors (Lipinski definition) is 3. The molecule has 3 rings (SSSR count). The van der Waals surface area contributed by atoms with Gasteiger partial charge in [0, 0.05) is 31.5 Å². The first kappa shape index (κ1) is 46.9. The number of unbranched alkanes of at least 4 members (excludes halogenated alkanes) is 11. The van der Waals surface area contributed by atoms with Crippen molar-refractivity contribution >= 4 is 17.8 Å². The summed E-state index contributed by atoms with van der Waals surface area (Å²) in [6, 6.07) is -0.103. The van der Waals surface area contributed by atoms with E-state index in [9.17, 15) is 24.6 Å². The fourth-order valence-electron chi connectivity index (χ4n) is 8.67. The van der Waals surface area contributed by atoms with Crippen molar-refractivity contribution in [2.24, 2.45) is 29.1 Å². The van der Waals surface area contributed by atoms with Crippen LogP contribution in [0.1, 0.15) is 176 Å². The van der Waals surface area contributed by atoms with Crippen molar-refractivity contribution in [3.63, 3.8) is 0 Å². The molecule has 1 fully saturated rings. The predicted molar refractivity (Wildman–Crippen MR) is 224 cm³/mol. The van der Waals surface area contributed by atoms with E-state index in [-0.39, 0.29) is 60.5 Å². The fraction of sp³-hybridized carbons (Fsp3) is 0.809. The smallest absolute Gasteiger partial charge is 0.311 e. The Balaban J connectivity index is 1.29. The maximum absolute atomic E-state index is 13.1. The Morgan fingerprint density at radius 2 is 1.60 bits per heavy atom. The van der Waals surface area contributed by atoms with E-state index in [4.69, 9.17) is 4.74 Å². The number of aliphatic hydroxyl groups excluding tert-OH is 2. The molecule has 1 heterocycles. The van der Waals surface area contributed by atoms with Crippen LogP contribution in [0.25, 0.3) is 0 Å². The van der Waals surface area contributed by atoms with E-state index in [1.54, 1.807) is 0 Å². The molecule has 6 unspecified atom stereocenters. The zero-order valence-corrected chi connectivity index (χ0v) is 35.7. The van der Waals surface area contributed by atoms with Crippen LogP contribution in [-0.4, -0.2) is 70.3 Å². The molecule has 0 aromatic heterocycles. The summed E-state index contributed by atoms with van der Waals surface area (Å²) < 4.78 is 6.23. The largest absolute Gasteiger partial charge is 0.461 e. The number of aliphatic hydroxyl groups is 2. The Hall–Kier alpha value is -2.45. The molecule has 8 heteroatoms. The summed E-state index contributed by atoms with van der Waals surface area (Å²) in [6.07, 6.45) is 29.6. The van der Waals surface area contributed by atoms with Gasteiger partial charge in [0.2, 0.25) is 11.8 Å². The molecule has 0 bridgehead atoms. The van der Waals surface area contributed by atoms with Crippen LogP contribution in [0, 0.1) is 29.1 Å². The molecule has 3 N–H and O–H groups in total. The fourth-order valence-corrected chi connectivity index (χ4v) is 8.67. The number of rotatable bonds is 26. The second kappa shape index (κ2) is 25.0. The monoisotopic (exact) mass is 769 g/mol. The lowest BCUT2D eigenvalue weighted by Gasteiger charge is -2.44. The van der Waals surface area contributed by atoms with E-state index < -0.39 is 17.6 Å². The number of fused-ring (bicyclic) bond motifs is 1. The lowest BCUT2D eigenvalue weighted by Crippen LogP contribution is -2.43. The van der Waals surface area contributed by atoms with Gasteiger partial charge in [-0.15, -0.1) is 0 Å². The lowest BCUT2D eigenvalue weighted by molar-refractivity contribution is -0.164. The normalized spacial score (nSPS) is 25.1. The first-order chi connectivity index (χ1) is 26.3. The lowest BCUT2D eigenvalue weighted by atomic mass is 9.65. The topological polar surface area (TPSA) is 116 Å². The Morgan fingerprint density at radius 3 is 2.27 bits per heavy atom. The molecule has 0 aromatic carbocycles. The molecule has 0 aromatic rings. The van der Waals surface area contributed by atoms with E-state index >= 15 is 0 Å². The third-order valence-electron chi connectivity index (χ3n) is 12.6. The highest BCUT2D eigenvalue weighted by Crippen LogP contribution is 2.45. The van der Waals surface area contributed by atoms with Gasteiger partial charge in [-0.1, -0.05) is 109 Å². The molecule has 0 radical (unpaired) electrons. The molecule has 3 aliphatic rings. The van der Waals surface area contributed by atoms with Crippen LogP contribution in [-0.2, 0) is 19.1 Å². The van der Waals surface area contributed by atoms with Crippen LogP contribution in [0.2, 0.25) is 0 Å². The Morgan fingerprint density at radius 1 is 0.945 bits per heavy atom. The van der Waals surface area contributed by atoms with E-state index in [0.29, 0.717) is 38.3 Å². The SMILES string of the molecule is CCCCCCCC/C=C\CCCCCCCC(=O)N1CCC(NC(=O)CC(O)CC(O)CC[C@H]2C(C)C=CC3=C[C@H](C)CC(OC(=O)C(C)(C)CC)C32)C1. The van der Waals surface area contributed by atoms with Gasteiger partial charge in [0.1, 0.15) is 6.10 Å². The van der Waals surface area contributed by atoms with Gasteiger partial charge in [-0.2, -0.15) is 0 Å². The molecule has 2 aliphatic carbocycles. The number of hydrogen-bond acceptors (Lipinski definition) is 6. The van der Waals surface area contributed by atoms with Gasteiger partial charge in [0.05, 0.1) is 24.0 Å². The second-order valence-corrected chi connectivity index (χ2v) is 18.0. The van der Waals surface area contributed by atoms with Crippen molar-refractivity contribution in [3.05, 3.63) is 36.0 Å². The molecule has 55 heavy (non-hydrogen) atoms. The number of allylic oxidation sites excluding steroid dienone is 5. The molecular weight excluding hydrogens is 689 g/mol. The number of nitrogens with one attached hydrogen (secondary N) is 1. The molecule has 2 amide bonds. The molecule has 0 spiro atoms. The summed E-state index contributed by atoms with van der Waals surface area (Å²) in [5.41, 5.74) is 0.683. The van der Waals surface area contributed by atoms with Crippen LogP contribution in [0.3, 0.4) is 0 Å². The maximum Gasteiger partial charge on any atom is 0.311 e. The van der Waals surface area contributed by atoms with Gasteiger partial charge in [-0.3, -0.25) is 14.4 Å². The standard InChI is InChI=1S/C47H80N2O6/c1-7-9-10-11-12-13-14-15-16-17-18-19-20-21-22-23-44(53)49-29-28-38(34-49)48-43(52)33-40(51)32-39(50)26-27-41-36(4)24-25-37-30-35(3)31-42(45(37)41)55-46(54)47(5,6)8-2/h15-16,24-25,30,35-36,38-42,45,50-51H,7-14,17-23,26-29,31-34H2,1-6H3,(H,48,52)/b16-15-/t35-,36?,38?,39?,40?,41-,42?,45?/m0/s1. The minimum absolute atomic E-state index is 0.0718. The third-order valence-corrected chi connectivity index (χ3v) is 12.6. The number of carbonyl (C=O) groups excluding carboxylic acids is 3. The third kappa shape index (κ3) is 16.9. The van der Waals surface area contributed by atoms with Crippen molar-refractivity contribution < 1.29 is 29.3 Å². The maximum atomic E-state index is 13.1. The molecule has 8 nitrogen and oxygen atoms in total.